The number of hydrogen-bond donors (Lipinski definition) is 1. The SMILES string of the molecule is Cc1oc(-c2ccccc2)nc1CC(=O)NC(c1ccc(F)cc1)c1nccn1C. The highest BCUT2D eigenvalue weighted by Gasteiger charge is 2.22. The van der Waals surface area contributed by atoms with Gasteiger partial charge in [0.25, 0.3) is 0 Å². The van der Waals surface area contributed by atoms with E-state index in [4.69, 9.17) is 4.42 Å². The van der Waals surface area contributed by atoms with Crippen LogP contribution in [0.3, 0.4) is 0 Å². The second kappa shape index (κ2) is 8.32. The van der Waals surface area contributed by atoms with E-state index in [-0.39, 0.29) is 18.1 Å². The second-order valence-corrected chi connectivity index (χ2v) is 7.01. The largest absolute Gasteiger partial charge is 0.441 e. The molecule has 0 spiro atoms. The molecule has 30 heavy (non-hydrogen) atoms. The van der Waals surface area contributed by atoms with Crippen LogP contribution in [-0.4, -0.2) is 20.4 Å². The molecule has 0 saturated heterocycles. The van der Waals surface area contributed by atoms with Crippen molar-refractivity contribution in [3.63, 3.8) is 0 Å². The third-order valence-corrected chi connectivity index (χ3v) is 4.87. The van der Waals surface area contributed by atoms with Crippen LogP contribution in [0, 0.1) is 12.7 Å². The fourth-order valence-electron chi connectivity index (χ4n) is 3.27. The van der Waals surface area contributed by atoms with Crippen LogP contribution < -0.4 is 5.32 Å². The first kappa shape index (κ1) is 19.6. The van der Waals surface area contributed by atoms with Crippen LogP contribution >= 0.6 is 0 Å². The van der Waals surface area contributed by atoms with E-state index >= 15 is 0 Å². The molecule has 4 rings (SSSR count). The van der Waals surface area contributed by atoms with Crippen LogP contribution in [0.25, 0.3) is 11.5 Å². The minimum atomic E-state index is -0.515. The van der Waals surface area contributed by atoms with Crippen LogP contribution in [0.2, 0.25) is 0 Å². The standard InChI is InChI=1S/C23H21FN4O2/c1-15-19(26-23(30-15)17-6-4-3-5-7-17)14-20(29)27-21(22-25-12-13-28(22)2)16-8-10-18(24)11-9-16/h3-13,21H,14H2,1-2H3,(H,27,29). The number of aromatic nitrogens is 3. The number of oxazole rings is 1. The van der Waals surface area contributed by atoms with E-state index in [1.807, 2.05) is 41.9 Å². The summed E-state index contributed by atoms with van der Waals surface area (Å²) in [6.45, 7) is 1.79. The average molecular weight is 404 g/mol. The van der Waals surface area contributed by atoms with Crippen LogP contribution in [0.15, 0.2) is 71.4 Å². The highest BCUT2D eigenvalue weighted by Crippen LogP contribution is 2.23. The molecule has 0 bridgehead atoms. The number of aryl methyl sites for hydroxylation is 2. The Kier molecular flexibility index (Phi) is 5.43. The normalized spacial score (nSPS) is 12.0. The van der Waals surface area contributed by atoms with Gasteiger partial charge in [-0.2, -0.15) is 0 Å². The molecule has 0 aliphatic heterocycles. The number of carbonyl (C=O) groups is 1. The Morgan fingerprint density at radius 1 is 1.17 bits per heavy atom. The van der Waals surface area contributed by atoms with E-state index < -0.39 is 6.04 Å². The Balaban J connectivity index is 1.56. The molecule has 0 fully saturated rings. The van der Waals surface area contributed by atoms with Crippen LogP contribution in [0.1, 0.15) is 28.9 Å². The molecule has 0 aliphatic rings. The minimum absolute atomic E-state index is 0.0598. The molecule has 2 heterocycles. The molecule has 1 atom stereocenters. The molecule has 1 unspecified atom stereocenters. The summed E-state index contributed by atoms with van der Waals surface area (Å²) in [4.78, 5) is 21.7. The molecular formula is C23H21FN4O2. The zero-order chi connectivity index (χ0) is 21.1. The predicted octanol–water partition coefficient (Wildman–Crippen LogP) is 3.97. The third kappa shape index (κ3) is 4.15. The lowest BCUT2D eigenvalue weighted by molar-refractivity contribution is -0.121. The van der Waals surface area contributed by atoms with Gasteiger partial charge >= 0.3 is 0 Å². The number of nitrogens with zero attached hydrogens (tertiary/aromatic N) is 3. The van der Waals surface area contributed by atoms with Crippen molar-refractivity contribution in [2.45, 2.75) is 19.4 Å². The minimum Gasteiger partial charge on any atom is -0.441 e. The van der Waals surface area contributed by atoms with Crippen molar-refractivity contribution >= 4 is 5.91 Å². The number of imidazole rings is 1. The fraction of sp³-hybridized carbons (Fsp3) is 0.174. The van der Waals surface area contributed by atoms with Gasteiger partial charge in [-0.05, 0) is 36.8 Å². The van der Waals surface area contributed by atoms with Crippen LogP contribution in [-0.2, 0) is 18.3 Å². The highest BCUT2D eigenvalue weighted by atomic mass is 19.1. The number of rotatable bonds is 6. The average Bonchev–Trinajstić information content (AvgIpc) is 3.33. The van der Waals surface area contributed by atoms with Crippen molar-refractivity contribution in [1.82, 2.24) is 19.9 Å². The highest BCUT2D eigenvalue weighted by molar-refractivity contribution is 5.79. The molecule has 152 valence electrons. The van der Waals surface area contributed by atoms with Crippen molar-refractivity contribution in [2.24, 2.45) is 7.05 Å². The molecule has 1 N–H and O–H groups in total. The second-order valence-electron chi connectivity index (χ2n) is 7.01. The number of carbonyl (C=O) groups excluding carboxylic acids is 1. The van der Waals surface area contributed by atoms with Crippen molar-refractivity contribution in [3.05, 3.63) is 95.7 Å². The summed E-state index contributed by atoms with van der Waals surface area (Å²) in [5, 5.41) is 2.99. The van der Waals surface area contributed by atoms with Gasteiger partial charge in [0.15, 0.2) is 0 Å². The summed E-state index contributed by atoms with van der Waals surface area (Å²) in [5.41, 5.74) is 2.16. The van der Waals surface area contributed by atoms with Crippen molar-refractivity contribution in [1.29, 1.82) is 0 Å². The predicted molar refractivity (Wildman–Crippen MR) is 110 cm³/mol. The zero-order valence-electron chi connectivity index (χ0n) is 16.7. The monoisotopic (exact) mass is 404 g/mol. The summed E-state index contributed by atoms with van der Waals surface area (Å²) in [5.74, 6) is 1.16. The van der Waals surface area contributed by atoms with Gasteiger partial charge in [0.2, 0.25) is 11.8 Å². The topological polar surface area (TPSA) is 73.0 Å². The summed E-state index contributed by atoms with van der Waals surface area (Å²) in [6, 6.07) is 15.0. The summed E-state index contributed by atoms with van der Waals surface area (Å²) >= 11 is 0. The summed E-state index contributed by atoms with van der Waals surface area (Å²) in [6.07, 6.45) is 3.52. The van der Waals surface area contributed by atoms with Crippen molar-refractivity contribution in [3.8, 4) is 11.5 Å². The summed E-state index contributed by atoms with van der Waals surface area (Å²) in [7, 11) is 1.85. The molecule has 2 aromatic heterocycles. The van der Waals surface area contributed by atoms with Gasteiger partial charge in [0, 0.05) is 25.0 Å². The van der Waals surface area contributed by atoms with Gasteiger partial charge in [-0.15, -0.1) is 0 Å². The first-order chi connectivity index (χ1) is 14.5. The zero-order valence-corrected chi connectivity index (χ0v) is 16.7. The molecule has 2 aromatic carbocycles. The van der Waals surface area contributed by atoms with Crippen molar-refractivity contribution in [2.75, 3.05) is 0 Å². The Morgan fingerprint density at radius 3 is 2.57 bits per heavy atom. The van der Waals surface area contributed by atoms with E-state index in [1.165, 1.54) is 12.1 Å². The maximum absolute atomic E-state index is 13.4. The third-order valence-electron chi connectivity index (χ3n) is 4.87. The lowest BCUT2D eigenvalue weighted by Crippen LogP contribution is -2.32. The van der Waals surface area contributed by atoms with E-state index in [2.05, 4.69) is 15.3 Å². The lowest BCUT2D eigenvalue weighted by atomic mass is 10.1. The first-order valence-electron chi connectivity index (χ1n) is 9.55. The quantitative estimate of drug-likeness (QED) is 0.528. The van der Waals surface area contributed by atoms with E-state index in [0.717, 1.165) is 11.1 Å². The molecular weight excluding hydrogens is 383 g/mol. The van der Waals surface area contributed by atoms with Crippen LogP contribution in [0.5, 0.6) is 0 Å². The molecule has 0 saturated carbocycles. The Hall–Kier alpha value is -3.74. The number of amides is 1. The number of benzene rings is 2. The van der Waals surface area contributed by atoms with Crippen molar-refractivity contribution < 1.29 is 13.6 Å². The Bertz CT molecular complexity index is 1150. The van der Waals surface area contributed by atoms with Gasteiger partial charge in [-0.1, -0.05) is 30.3 Å². The van der Waals surface area contributed by atoms with E-state index in [9.17, 15) is 9.18 Å². The van der Waals surface area contributed by atoms with Gasteiger partial charge in [0.05, 0.1) is 12.1 Å². The lowest BCUT2D eigenvalue weighted by Gasteiger charge is -2.19. The summed E-state index contributed by atoms with van der Waals surface area (Å²) < 4.78 is 21.0. The molecule has 0 aliphatic carbocycles. The molecule has 6 nitrogen and oxygen atoms in total. The smallest absolute Gasteiger partial charge is 0.227 e. The van der Waals surface area contributed by atoms with Gasteiger partial charge in [-0.25, -0.2) is 14.4 Å². The molecule has 7 heteroatoms. The van der Waals surface area contributed by atoms with E-state index in [0.29, 0.717) is 23.2 Å². The fourth-order valence-corrected chi connectivity index (χ4v) is 3.27. The van der Waals surface area contributed by atoms with Gasteiger partial charge in [-0.3, -0.25) is 4.79 Å². The molecule has 1 amide bonds. The van der Waals surface area contributed by atoms with Gasteiger partial charge < -0.3 is 14.3 Å². The van der Waals surface area contributed by atoms with Crippen LogP contribution in [0.4, 0.5) is 4.39 Å². The number of nitrogens with one attached hydrogen (secondary N) is 1. The Morgan fingerprint density at radius 2 is 1.90 bits per heavy atom. The maximum Gasteiger partial charge on any atom is 0.227 e. The molecule has 0 radical (unpaired) electrons. The number of hydrogen-bond acceptors (Lipinski definition) is 4. The maximum atomic E-state index is 13.4. The van der Waals surface area contributed by atoms with Gasteiger partial charge in [0.1, 0.15) is 23.4 Å². The van der Waals surface area contributed by atoms with E-state index in [1.54, 1.807) is 31.5 Å². The first-order valence-corrected chi connectivity index (χ1v) is 9.55. The number of halogens is 1. The molecule has 4 aromatic rings. The Labute approximate surface area is 173 Å².